The van der Waals surface area contributed by atoms with Crippen molar-refractivity contribution in [3.63, 3.8) is 0 Å². The number of hydrogen-bond acceptors (Lipinski definition) is 5. The third-order valence-electron chi connectivity index (χ3n) is 5.33. The fourth-order valence-corrected chi connectivity index (χ4v) is 4.89. The molecule has 1 atom stereocenters. The lowest BCUT2D eigenvalue weighted by molar-refractivity contribution is -0.150. The Kier molecular flexibility index (Phi) is 10.2. The number of carbonyl (C=O) groups is 2. The first-order chi connectivity index (χ1) is 16.8. The van der Waals surface area contributed by atoms with Crippen molar-refractivity contribution >= 4 is 57.1 Å². The molecule has 35 heavy (non-hydrogen) atoms. The standard InChI is InChI=1S/C27H27I2NO5/c1-18(31)30(15-21-11-7-8-12-23(21)28)16-27(35-19(2)32)22-13-26(25(33-3)14-24(22)29)34-17-20-9-5-4-6-10-20/h4-14,27H,15-17H2,1-3H3. The molecule has 0 heterocycles. The maximum atomic E-state index is 12.6. The number of ether oxygens (including phenoxy) is 3. The summed E-state index contributed by atoms with van der Waals surface area (Å²) in [5.74, 6) is 0.589. The second kappa shape index (κ2) is 13.1. The number of rotatable bonds is 10. The Bertz CT molecular complexity index is 1170. The van der Waals surface area contributed by atoms with E-state index in [1.54, 1.807) is 12.0 Å². The molecule has 3 rings (SSSR count). The fourth-order valence-electron chi connectivity index (χ4n) is 3.54. The second-order valence-corrected chi connectivity index (χ2v) is 10.2. The molecule has 6 nitrogen and oxygen atoms in total. The first-order valence-corrected chi connectivity index (χ1v) is 13.1. The number of amides is 1. The summed E-state index contributed by atoms with van der Waals surface area (Å²) < 4.78 is 19.2. The number of hydrogen-bond donors (Lipinski definition) is 0. The first kappa shape index (κ1) is 27.3. The highest BCUT2D eigenvalue weighted by molar-refractivity contribution is 14.1. The zero-order chi connectivity index (χ0) is 25.4. The molecule has 0 aliphatic heterocycles. The summed E-state index contributed by atoms with van der Waals surface area (Å²) >= 11 is 4.45. The molecule has 0 spiro atoms. The molecule has 0 aliphatic carbocycles. The van der Waals surface area contributed by atoms with Crippen LogP contribution in [0.4, 0.5) is 0 Å². The molecule has 1 amide bonds. The molecule has 0 fully saturated rings. The van der Waals surface area contributed by atoms with E-state index < -0.39 is 12.1 Å². The highest BCUT2D eigenvalue weighted by Gasteiger charge is 2.25. The smallest absolute Gasteiger partial charge is 0.303 e. The Morgan fingerprint density at radius 3 is 2.23 bits per heavy atom. The van der Waals surface area contributed by atoms with Gasteiger partial charge in [-0.2, -0.15) is 0 Å². The Balaban J connectivity index is 1.92. The molecule has 1 unspecified atom stereocenters. The zero-order valence-electron chi connectivity index (χ0n) is 19.8. The summed E-state index contributed by atoms with van der Waals surface area (Å²) in [4.78, 5) is 26.3. The minimum atomic E-state index is -0.672. The molecule has 0 saturated heterocycles. The largest absolute Gasteiger partial charge is 0.493 e. The topological polar surface area (TPSA) is 65.1 Å². The van der Waals surface area contributed by atoms with Gasteiger partial charge in [-0.15, -0.1) is 0 Å². The molecule has 0 bridgehead atoms. The highest BCUT2D eigenvalue weighted by Crippen LogP contribution is 2.36. The maximum Gasteiger partial charge on any atom is 0.303 e. The van der Waals surface area contributed by atoms with E-state index in [1.807, 2.05) is 66.7 Å². The van der Waals surface area contributed by atoms with Gasteiger partial charge in [0.05, 0.1) is 13.7 Å². The molecule has 0 aliphatic rings. The number of benzene rings is 3. The van der Waals surface area contributed by atoms with Gasteiger partial charge in [-0.25, -0.2) is 0 Å². The van der Waals surface area contributed by atoms with Crippen LogP contribution in [0, 0.1) is 7.14 Å². The Hall–Kier alpha value is -2.34. The average Bonchev–Trinajstić information content (AvgIpc) is 2.83. The monoisotopic (exact) mass is 699 g/mol. The molecule has 184 valence electrons. The number of carbonyl (C=O) groups excluding carboxylic acids is 2. The van der Waals surface area contributed by atoms with E-state index in [1.165, 1.54) is 13.8 Å². The van der Waals surface area contributed by atoms with Crippen molar-refractivity contribution in [2.24, 2.45) is 0 Å². The number of esters is 1. The van der Waals surface area contributed by atoms with E-state index in [9.17, 15) is 9.59 Å². The van der Waals surface area contributed by atoms with E-state index in [2.05, 4.69) is 45.2 Å². The summed E-state index contributed by atoms with van der Waals surface area (Å²) in [7, 11) is 1.59. The quantitative estimate of drug-likeness (QED) is 0.188. The van der Waals surface area contributed by atoms with Crippen molar-refractivity contribution in [2.75, 3.05) is 13.7 Å². The summed E-state index contributed by atoms with van der Waals surface area (Å²) in [6.07, 6.45) is -0.672. The predicted octanol–water partition coefficient (Wildman–Crippen LogP) is 6.14. The van der Waals surface area contributed by atoms with Crippen LogP contribution >= 0.6 is 45.2 Å². The van der Waals surface area contributed by atoms with Crippen molar-refractivity contribution in [2.45, 2.75) is 33.1 Å². The van der Waals surface area contributed by atoms with Gasteiger partial charge in [0.25, 0.3) is 0 Å². The van der Waals surface area contributed by atoms with Crippen molar-refractivity contribution in [1.82, 2.24) is 4.90 Å². The predicted molar refractivity (Wildman–Crippen MR) is 151 cm³/mol. The lowest BCUT2D eigenvalue weighted by atomic mass is 10.1. The Morgan fingerprint density at radius 2 is 1.60 bits per heavy atom. The van der Waals surface area contributed by atoms with Crippen molar-refractivity contribution in [1.29, 1.82) is 0 Å². The van der Waals surface area contributed by atoms with E-state index in [0.29, 0.717) is 24.7 Å². The van der Waals surface area contributed by atoms with Crippen LogP contribution < -0.4 is 9.47 Å². The summed E-state index contributed by atoms with van der Waals surface area (Å²) in [5, 5.41) is 0. The SMILES string of the molecule is COc1cc(I)c(C(CN(Cc2ccccc2I)C(C)=O)OC(C)=O)cc1OCc1ccccc1. The summed E-state index contributed by atoms with van der Waals surface area (Å²) in [6.45, 7) is 3.88. The lowest BCUT2D eigenvalue weighted by Crippen LogP contribution is -2.34. The fraction of sp³-hybridized carbons (Fsp3) is 0.259. The van der Waals surface area contributed by atoms with Gasteiger partial charge in [-0.3, -0.25) is 9.59 Å². The van der Waals surface area contributed by atoms with Crippen LogP contribution in [-0.4, -0.2) is 30.4 Å². The van der Waals surface area contributed by atoms with E-state index in [4.69, 9.17) is 14.2 Å². The first-order valence-electron chi connectivity index (χ1n) is 11.0. The third-order valence-corrected chi connectivity index (χ3v) is 7.31. The molecule has 3 aromatic rings. The van der Waals surface area contributed by atoms with Gasteiger partial charge in [-0.1, -0.05) is 48.5 Å². The van der Waals surface area contributed by atoms with Crippen LogP contribution in [0.25, 0.3) is 0 Å². The van der Waals surface area contributed by atoms with Gasteiger partial charge >= 0.3 is 5.97 Å². The minimum Gasteiger partial charge on any atom is -0.493 e. The third kappa shape index (κ3) is 7.83. The average molecular weight is 699 g/mol. The van der Waals surface area contributed by atoms with Crippen molar-refractivity contribution < 1.29 is 23.8 Å². The number of methoxy groups -OCH3 is 1. The summed E-state index contributed by atoms with van der Waals surface area (Å²) in [5.41, 5.74) is 2.80. The lowest BCUT2D eigenvalue weighted by Gasteiger charge is -2.28. The maximum absolute atomic E-state index is 12.6. The van der Waals surface area contributed by atoms with Gasteiger partial charge in [0.2, 0.25) is 5.91 Å². The molecule has 8 heteroatoms. The van der Waals surface area contributed by atoms with Crippen LogP contribution in [0.1, 0.15) is 36.6 Å². The van der Waals surface area contributed by atoms with Crippen molar-refractivity contribution in [3.05, 3.63) is 90.6 Å². The van der Waals surface area contributed by atoms with E-state index in [0.717, 1.165) is 23.8 Å². The zero-order valence-corrected chi connectivity index (χ0v) is 24.1. The van der Waals surface area contributed by atoms with Gasteiger partial charge < -0.3 is 19.1 Å². The molecule has 0 aromatic heterocycles. The van der Waals surface area contributed by atoms with E-state index >= 15 is 0 Å². The molecule has 0 saturated carbocycles. The molecule has 0 N–H and O–H groups in total. The van der Waals surface area contributed by atoms with Crippen LogP contribution in [0.15, 0.2) is 66.7 Å². The molecular formula is C27H27I2NO5. The Labute approximate surface area is 233 Å². The molecular weight excluding hydrogens is 672 g/mol. The summed E-state index contributed by atoms with van der Waals surface area (Å²) in [6, 6.07) is 21.4. The van der Waals surface area contributed by atoms with Gasteiger partial charge in [0, 0.05) is 33.1 Å². The minimum absolute atomic E-state index is 0.106. The van der Waals surface area contributed by atoms with Crippen LogP contribution in [0.3, 0.4) is 0 Å². The van der Waals surface area contributed by atoms with Gasteiger partial charge in [-0.05, 0) is 74.5 Å². The van der Waals surface area contributed by atoms with Crippen LogP contribution in [0.5, 0.6) is 11.5 Å². The number of halogens is 2. The molecule has 0 radical (unpaired) electrons. The van der Waals surface area contributed by atoms with Crippen LogP contribution in [-0.2, 0) is 27.5 Å². The van der Waals surface area contributed by atoms with Crippen LogP contribution in [0.2, 0.25) is 0 Å². The Morgan fingerprint density at radius 1 is 0.914 bits per heavy atom. The second-order valence-electron chi connectivity index (χ2n) is 7.89. The van der Waals surface area contributed by atoms with Crippen molar-refractivity contribution in [3.8, 4) is 11.5 Å². The highest BCUT2D eigenvalue weighted by atomic mass is 127. The van der Waals surface area contributed by atoms with E-state index in [-0.39, 0.29) is 12.5 Å². The number of nitrogens with zero attached hydrogens (tertiary/aromatic N) is 1. The molecule has 3 aromatic carbocycles. The van der Waals surface area contributed by atoms with Gasteiger partial charge in [0.15, 0.2) is 11.5 Å². The van der Waals surface area contributed by atoms with Gasteiger partial charge in [0.1, 0.15) is 12.7 Å². The normalized spacial score (nSPS) is 11.5.